The molecule has 132 valence electrons. The van der Waals surface area contributed by atoms with E-state index in [1.807, 2.05) is 42.5 Å². The van der Waals surface area contributed by atoms with Gasteiger partial charge in [-0.3, -0.25) is 4.79 Å². The summed E-state index contributed by atoms with van der Waals surface area (Å²) < 4.78 is 12.0. The van der Waals surface area contributed by atoms with Crippen molar-refractivity contribution < 1.29 is 19.4 Å². The Hall–Kier alpha value is -2.17. The molecule has 0 amide bonds. The average molecular weight is 340 g/mol. The van der Waals surface area contributed by atoms with Crippen molar-refractivity contribution in [1.82, 2.24) is 0 Å². The second kappa shape index (κ2) is 8.79. The van der Waals surface area contributed by atoms with E-state index in [0.29, 0.717) is 0 Å². The van der Waals surface area contributed by atoms with Gasteiger partial charge in [-0.1, -0.05) is 54.6 Å². The molecule has 2 aromatic rings. The summed E-state index contributed by atoms with van der Waals surface area (Å²) in [7, 11) is 0. The molecule has 1 unspecified atom stereocenters. The van der Waals surface area contributed by atoms with Crippen molar-refractivity contribution in [3.8, 4) is 0 Å². The minimum Gasteiger partial charge on any atom is -0.481 e. The molecule has 0 bridgehead atoms. The molecular weight excluding hydrogens is 316 g/mol. The van der Waals surface area contributed by atoms with Gasteiger partial charge in [0.1, 0.15) is 0 Å². The van der Waals surface area contributed by atoms with Crippen LogP contribution in [0.2, 0.25) is 0 Å². The largest absolute Gasteiger partial charge is 0.481 e. The van der Waals surface area contributed by atoms with Gasteiger partial charge < -0.3 is 14.6 Å². The zero-order valence-electron chi connectivity index (χ0n) is 14.3. The smallest absolute Gasteiger partial charge is 0.307 e. The third-order valence-electron chi connectivity index (χ3n) is 4.40. The first-order chi connectivity index (χ1) is 12.2. The third-order valence-corrected chi connectivity index (χ3v) is 4.40. The summed E-state index contributed by atoms with van der Waals surface area (Å²) in [6, 6.07) is 17.9. The molecule has 2 atom stereocenters. The van der Waals surface area contributed by atoms with E-state index in [0.717, 1.165) is 43.4 Å². The van der Waals surface area contributed by atoms with Crippen LogP contribution < -0.4 is 0 Å². The highest BCUT2D eigenvalue weighted by molar-refractivity contribution is 5.70. The van der Waals surface area contributed by atoms with Gasteiger partial charge in [0.2, 0.25) is 0 Å². The van der Waals surface area contributed by atoms with Gasteiger partial charge in [-0.15, -0.1) is 0 Å². The number of rotatable bonds is 7. The summed E-state index contributed by atoms with van der Waals surface area (Å²) in [6.07, 6.45) is 3.51. The molecule has 25 heavy (non-hydrogen) atoms. The second-order valence-corrected chi connectivity index (χ2v) is 6.43. The minimum absolute atomic E-state index is 0.0197. The van der Waals surface area contributed by atoms with E-state index < -0.39 is 5.97 Å². The highest BCUT2D eigenvalue weighted by Crippen LogP contribution is 2.28. The maximum Gasteiger partial charge on any atom is 0.307 e. The fourth-order valence-electron chi connectivity index (χ4n) is 3.15. The molecule has 0 aromatic heterocycles. The van der Waals surface area contributed by atoms with Crippen LogP contribution >= 0.6 is 0 Å². The van der Waals surface area contributed by atoms with Crippen molar-refractivity contribution in [3.05, 3.63) is 71.3 Å². The number of carboxylic acids is 1. The maximum atomic E-state index is 11.0. The van der Waals surface area contributed by atoms with Crippen LogP contribution in [0.4, 0.5) is 0 Å². The maximum absolute atomic E-state index is 11.0. The van der Waals surface area contributed by atoms with Crippen molar-refractivity contribution in [3.63, 3.8) is 0 Å². The summed E-state index contributed by atoms with van der Waals surface area (Å²) in [5, 5.41) is 9.04. The number of hydrogen-bond donors (Lipinski definition) is 1. The van der Waals surface area contributed by atoms with Gasteiger partial charge in [-0.2, -0.15) is 0 Å². The average Bonchev–Trinajstić information content (AvgIpc) is 2.63. The summed E-state index contributed by atoms with van der Waals surface area (Å²) in [4.78, 5) is 11.0. The summed E-state index contributed by atoms with van der Waals surface area (Å²) in [6.45, 7) is 0.738. The van der Waals surface area contributed by atoms with E-state index >= 15 is 0 Å². The summed E-state index contributed by atoms with van der Waals surface area (Å²) >= 11 is 0. The Balaban J connectivity index is 1.80. The zero-order valence-corrected chi connectivity index (χ0v) is 14.3. The van der Waals surface area contributed by atoms with Gasteiger partial charge in [-0.25, -0.2) is 0 Å². The van der Waals surface area contributed by atoms with Crippen molar-refractivity contribution >= 4 is 5.97 Å². The zero-order chi connectivity index (χ0) is 17.5. The predicted octanol–water partition coefficient (Wildman–Crippen LogP) is 4.14. The van der Waals surface area contributed by atoms with Crippen LogP contribution in [0, 0.1) is 0 Å². The highest BCUT2D eigenvalue weighted by atomic mass is 16.7. The van der Waals surface area contributed by atoms with Gasteiger partial charge in [0.15, 0.2) is 6.29 Å². The van der Waals surface area contributed by atoms with Crippen molar-refractivity contribution in [2.24, 2.45) is 0 Å². The van der Waals surface area contributed by atoms with Crippen molar-refractivity contribution in [1.29, 1.82) is 0 Å². The van der Waals surface area contributed by atoms with Crippen LogP contribution in [0.25, 0.3) is 0 Å². The molecule has 4 nitrogen and oxygen atoms in total. The monoisotopic (exact) mass is 340 g/mol. The van der Waals surface area contributed by atoms with Crippen LogP contribution in [-0.2, 0) is 27.1 Å². The van der Waals surface area contributed by atoms with E-state index in [4.69, 9.17) is 14.6 Å². The molecule has 1 heterocycles. The first-order valence-corrected chi connectivity index (χ1v) is 8.82. The van der Waals surface area contributed by atoms with E-state index in [-0.39, 0.29) is 18.8 Å². The third kappa shape index (κ3) is 5.41. The topological polar surface area (TPSA) is 55.8 Å². The molecule has 0 radical (unpaired) electrons. The lowest BCUT2D eigenvalue weighted by atomic mass is 9.98. The normalized spacial score (nSPS) is 18.6. The number of carbonyl (C=O) groups is 1. The fourth-order valence-corrected chi connectivity index (χ4v) is 3.15. The molecule has 1 fully saturated rings. The quantitative estimate of drug-likeness (QED) is 0.823. The first-order valence-electron chi connectivity index (χ1n) is 8.82. The Kier molecular flexibility index (Phi) is 6.20. The summed E-state index contributed by atoms with van der Waals surface area (Å²) in [5.74, 6) is -0.826. The van der Waals surface area contributed by atoms with E-state index in [1.54, 1.807) is 0 Å². The Bertz CT molecular complexity index is 677. The van der Waals surface area contributed by atoms with E-state index in [9.17, 15) is 4.79 Å². The number of benzene rings is 2. The van der Waals surface area contributed by atoms with Crippen LogP contribution in [0.1, 0.15) is 42.1 Å². The van der Waals surface area contributed by atoms with Gasteiger partial charge in [0, 0.05) is 13.0 Å². The van der Waals surface area contributed by atoms with Crippen molar-refractivity contribution in [2.45, 2.75) is 44.5 Å². The Morgan fingerprint density at radius 1 is 1.12 bits per heavy atom. The molecule has 1 saturated heterocycles. The lowest BCUT2D eigenvalue weighted by molar-refractivity contribution is -0.189. The molecule has 1 N–H and O–H groups in total. The molecule has 0 spiro atoms. The van der Waals surface area contributed by atoms with Gasteiger partial charge >= 0.3 is 5.97 Å². The van der Waals surface area contributed by atoms with Crippen LogP contribution in [0.5, 0.6) is 0 Å². The lowest BCUT2D eigenvalue weighted by Crippen LogP contribution is -2.25. The van der Waals surface area contributed by atoms with E-state index in [2.05, 4.69) is 12.1 Å². The van der Waals surface area contributed by atoms with Gasteiger partial charge in [-0.05, 0) is 36.0 Å². The number of ether oxygens (including phenoxy) is 2. The van der Waals surface area contributed by atoms with Gasteiger partial charge in [0.25, 0.3) is 0 Å². The number of carboxylic acid groups (broad SMARTS) is 1. The Labute approximate surface area is 148 Å². The predicted molar refractivity (Wildman–Crippen MR) is 95.3 cm³/mol. The lowest BCUT2D eigenvalue weighted by Gasteiger charge is -2.28. The molecule has 0 saturated carbocycles. The fraction of sp³-hybridized carbons (Fsp3) is 0.381. The molecule has 0 aliphatic carbocycles. The number of hydrogen-bond acceptors (Lipinski definition) is 3. The van der Waals surface area contributed by atoms with Crippen LogP contribution in [-0.4, -0.2) is 24.0 Å². The minimum atomic E-state index is -0.826. The van der Waals surface area contributed by atoms with Crippen molar-refractivity contribution in [2.75, 3.05) is 6.61 Å². The molecule has 1 aliphatic heterocycles. The molecule has 1 aliphatic rings. The molecule has 3 rings (SSSR count). The SMILES string of the molecule is O=C(O)Cc1cccc([C@H](Cc2ccccc2)OC2CCCCO2)c1. The highest BCUT2D eigenvalue weighted by Gasteiger charge is 2.22. The van der Waals surface area contributed by atoms with Crippen LogP contribution in [0.15, 0.2) is 54.6 Å². The number of aliphatic carboxylic acids is 1. The Morgan fingerprint density at radius 3 is 2.64 bits per heavy atom. The molecular formula is C21H24O4. The molecule has 2 aromatic carbocycles. The standard InChI is InChI=1S/C21H24O4/c22-20(23)15-17-9-6-10-18(13-17)19(14-16-7-2-1-3-8-16)25-21-11-4-5-12-24-21/h1-3,6-10,13,19,21H,4-5,11-12,14-15H2,(H,22,23)/t19-,21?/m0/s1. The second-order valence-electron chi connectivity index (χ2n) is 6.43. The summed E-state index contributed by atoms with van der Waals surface area (Å²) in [5.41, 5.74) is 2.97. The van der Waals surface area contributed by atoms with E-state index in [1.165, 1.54) is 5.56 Å². The Morgan fingerprint density at radius 2 is 1.92 bits per heavy atom. The molecule has 4 heteroatoms. The first kappa shape index (κ1) is 17.6. The van der Waals surface area contributed by atoms with Crippen LogP contribution in [0.3, 0.4) is 0 Å². The van der Waals surface area contributed by atoms with Gasteiger partial charge in [0.05, 0.1) is 12.5 Å².